The van der Waals surface area contributed by atoms with Crippen molar-refractivity contribution in [3.05, 3.63) is 52.2 Å². The summed E-state index contributed by atoms with van der Waals surface area (Å²) in [4.78, 5) is 25.3. The van der Waals surface area contributed by atoms with E-state index in [1.54, 1.807) is 0 Å². The number of nitrogens with two attached hydrogens (primary N) is 1. The van der Waals surface area contributed by atoms with E-state index in [0.717, 1.165) is 29.9 Å². The number of benzene rings is 1. The van der Waals surface area contributed by atoms with Gasteiger partial charge in [0.1, 0.15) is 12.2 Å². The van der Waals surface area contributed by atoms with E-state index in [9.17, 15) is 9.59 Å². The number of ketones is 1. The topological polar surface area (TPSA) is 92.9 Å². The lowest BCUT2D eigenvalue weighted by Crippen LogP contribution is -2.40. The molecule has 1 atom stereocenters. The fourth-order valence-corrected chi connectivity index (χ4v) is 3.96. The number of morpholine rings is 1. The second kappa shape index (κ2) is 7.99. The maximum atomic E-state index is 12.2. The zero-order valence-corrected chi connectivity index (χ0v) is 15.2. The molecule has 1 aromatic carbocycles. The molecule has 0 bridgehead atoms. The SMILES string of the molecule is NC(CC(=O)CC(=O)O)(c1ccc(N2CCOCC2)cc1)c1ccsc1. The molecule has 3 rings (SSSR count). The second-order valence-corrected chi connectivity index (χ2v) is 7.20. The van der Waals surface area contributed by atoms with E-state index in [1.807, 2.05) is 41.1 Å². The number of carboxylic acids is 1. The van der Waals surface area contributed by atoms with Crippen LogP contribution >= 0.6 is 11.3 Å². The third-order valence-electron chi connectivity index (χ3n) is 4.62. The quantitative estimate of drug-likeness (QED) is 0.722. The number of Topliss-reactive ketones (excluding diaryl/α,β-unsaturated/α-hetero) is 1. The van der Waals surface area contributed by atoms with E-state index in [4.69, 9.17) is 15.6 Å². The first-order valence-electron chi connectivity index (χ1n) is 8.47. The van der Waals surface area contributed by atoms with Crippen LogP contribution < -0.4 is 10.6 Å². The molecule has 1 unspecified atom stereocenters. The molecular formula is C19H22N2O4S. The largest absolute Gasteiger partial charge is 0.481 e. The molecular weight excluding hydrogens is 352 g/mol. The van der Waals surface area contributed by atoms with E-state index >= 15 is 0 Å². The first-order valence-corrected chi connectivity index (χ1v) is 9.41. The maximum Gasteiger partial charge on any atom is 0.310 e. The van der Waals surface area contributed by atoms with Gasteiger partial charge in [0.15, 0.2) is 0 Å². The third kappa shape index (κ3) is 4.12. The van der Waals surface area contributed by atoms with Gasteiger partial charge in [-0.15, -0.1) is 0 Å². The van der Waals surface area contributed by atoms with Crippen LogP contribution in [0.3, 0.4) is 0 Å². The standard InChI is InChI=1S/C19H22N2O4S/c20-19(15-5-10-26-13-15,12-17(22)11-18(23)24)14-1-3-16(4-2-14)21-6-8-25-9-7-21/h1-5,10,13H,6-9,11-12,20H2,(H,23,24). The summed E-state index contributed by atoms with van der Waals surface area (Å²) in [7, 11) is 0. The molecule has 2 aromatic rings. The van der Waals surface area contributed by atoms with Gasteiger partial charge >= 0.3 is 5.97 Å². The van der Waals surface area contributed by atoms with Gasteiger partial charge in [-0.2, -0.15) is 11.3 Å². The lowest BCUT2D eigenvalue weighted by atomic mass is 9.80. The van der Waals surface area contributed by atoms with Crippen molar-refractivity contribution in [2.24, 2.45) is 5.73 Å². The lowest BCUT2D eigenvalue weighted by molar-refractivity contribution is -0.140. The van der Waals surface area contributed by atoms with Gasteiger partial charge in [-0.1, -0.05) is 12.1 Å². The van der Waals surface area contributed by atoms with Crippen LogP contribution in [0, 0.1) is 0 Å². The molecule has 0 radical (unpaired) electrons. The number of thiophene rings is 1. The van der Waals surface area contributed by atoms with Crippen LogP contribution in [0.4, 0.5) is 5.69 Å². The summed E-state index contributed by atoms with van der Waals surface area (Å²) >= 11 is 1.50. The fraction of sp³-hybridized carbons (Fsp3) is 0.368. The average molecular weight is 374 g/mol. The molecule has 1 aliphatic heterocycles. The highest BCUT2D eigenvalue weighted by molar-refractivity contribution is 7.08. The lowest BCUT2D eigenvalue weighted by Gasteiger charge is -2.31. The summed E-state index contributed by atoms with van der Waals surface area (Å²) in [5.74, 6) is -1.52. The molecule has 0 amide bonds. The molecule has 0 aliphatic carbocycles. The number of nitrogens with zero attached hydrogens (tertiary/aromatic N) is 1. The number of anilines is 1. The molecule has 26 heavy (non-hydrogen) atoms. The van der Waals surface area contributed by atoms with E-state index in [-0.39, 0.29) is 12.2 Å². The van der Waals surface area contributed by atoms with Crippen molar-refractivity contribution in [1.82, 2.24) is 0 Å². The first-order chi connectivity index (χ1) is 12.5. The molecule has 1 fully saturated rings. The Morgan fingerprint density at radius 2 is 1.85 bits per heavy atom. The van der Waals surface area contributed by atoms with Gasteiger partial charge in [0, 0.05) is 25.2 Å². The van der Waals surface area contributed by atoms with Crippen LogP contribution in [0.15, 0.2) is 41.1 Å². The molecule has 2 heterocycles. The molecule has 1 saturated heterocycles. The van der Waals surface area contributed by atoms with Crippen LogP contribution in [0.1, 0.15) is 24.0 Å². The smallest absolute Gasteiger partial charge is 0.310 e. The number of ether oxygens (including phenoxy) is 1. The number of carbonyl (C=O) groups is 2. The number of carboxylic acid groups (broad SMARTS) is 1. The summed E-state index contributed by atoms with van der Waals surface area (Å²) in [6.45, 7) is 3.10. The fourth-order valence-electron chi connectivity index (χ4n) is 3.22. The summed E-state index contributed by atoms with van der Waals surface area (Å²) in [5.41, 5.74) is 8.32. The minimum Gasteiger partial charge on any atom is -0.481 e. The van der Waals surface area contributed by atoms with Crippen molar-refractivity contribution in [2.75, 3.05) is 31.2 Å². The zero-order chi connectivity index (χ0) is 18.6. The summed E-state index contributed by atoms with van der Waals surface area (Å²) in [6, 6.07) is 9.73. The minimum atomic E-state index is -1.13. The third-order valence-corrected chi connectivity index (χ3v) is 5.30. The maximum absolute atomic E-state index is 12.2. The van der Waals surface area contributed by atoms with E-state index in [0.29, 0.717) is 13.2 Å². The van der Waals surface area contributed by atoms with Crippen LogP contribution in [0.5, 0.6) is 0 Å². The van der Waals surface area contributed by atoms with Crippen molar-refractivity contribution in [3.63, 3.8) is 0 Å². The molecule has 1 aromatic heterocycles. The van der Waals surface area contributed by atoms with Crippen molar-refractivity contribution in [1.29, 1.82) is 0 Å². The van der Waals surface area contributed by atoms with Crippen LogP contribution in [0.2, 0.25) is 0 Å². The molecule has 1 aliphatic rings. The highest BCUT2D eigenvalue weighted by Crippen LogP contribution is 2.33. The van der Waals surface area contributed by atoms with Gasteiger partial charge in [-0.3, -0.25) is 9.59 Å². The Balaban J connectivity index is 1.87. The normalized spacial score (nSPS) is 16.9. The summed E-state index contributed by atoms with van der Waals surface area (Å²) in [6.07, 6.45) is -0.568. The minimum absolute atomic E-state index is 0.0487. The Bertz CT molecular complexity index is 754. The predicted octanol–water partition coefficient (Wildman–Crippen LogP) is 2.22. The molecule has 0 saturated carbocycles. The van der Waals surface area contributed by atoms with Crippen LogP contribution in [-0.2, 0) is 19.9 Å². The highest BCUT2D eigenvalue weighted by Gasteiger charge is 2.33. The van der Waals surface area contributed by atoms with Gasteiger partial charge in [-0.25, -0.2) is 0 Å². The molecule has 6 nitrogen and oxygen atoms in total. The summed E-state index contributed by atoms with van der Waals surface area (Å²) in [5, 5.41) is 12.7. The predicted molar refractivity (Wildman–Crippen MR) is 101 cm³/mol. The van der Waals surface area contributed by atoms with Gasteiger partial charge in [0.25, 0.3) is 0 Å². The summed E-state index contributed by atoms with van der Waals surface area (Å²) < 4.78 is 5.38. The van der Waals surface area contributed by atoms with Crippen LogP contribution in [0.25, 0.3) is 0 Å². The van der Waals surface area contributed by atoms with Gasteiger partial charge < -0.3 is 20.5 Å². The van der Waals surface area contributed by atoms with Crippen molar-refractivity contribution >= 4 is 28.8 Å². The van der Waals surface area contributed by atoms with Gasteiger partial charge in [-0.05, 0) is 40.1 Å². The number of hydrogen-bond acceptors (Lipinski definition) is 6. The Morgan fingerprint density at radius 3 is 2.42 bits per heavy atom. The molecule has 7 heteroatoms. The number of aliphatic carboxylic acids is 1. The first kappa shape index (κ1) is 18.6. The zero-order valence-electron chi connectivity index (χ0n) is 14.4. The molecule has 3 N–H and O–H groups in total. The monoisotopic (exact) mass is 374 g/mol. The van der Waals surface area contributed by atoms with E-state index in [2.05, 4.69) is 4.90 Å². The Kier molecular flexibility index (Phi) is 5.70. The van der Waals surface area contributed by atoms with Crippen molar-refractivity contribution in [3.8, 4) is 0 Å². The van der Waals surface area contributed by atoms with Crippen molar-refractivity contribution < 1.29 is 19.4 Å². The highest BCUT2D eigenvalue weighted by atomic mass is 32.1. The number of carbonyl (C=O) groups excluding carboxylic acids is 1. The number of rotatable bonds is 7. The average Bonchev–Trinajstić information content (AvgIpc) is 3.17. The molecule has 138 valence electrons. The Labute approximate surface area is 156 Å². The van der Waals surface area contributed by atoms with E-state index < -0.39 is 17.9 Å². The molecule has 0 spiro atoms. The van der Waals surface area contributed by atoms with Crippen LogP contribution in [-0.4, -0.2) is 43.2 Å². The Hall–Kier alpha value is -2.22. The van der Waals surface area contributed by atoms with Gasteiger partial charge in [0.2, 0.25) is 0 Å². The van der Waals surface area contributed by atoms with E-state index in [1.165, 1.54) is 11.3 Å². The number of hydrogen-bond donors (Lipinski definition) is 2. The van der Waals surface area contributed by atoms with Crippen molar-refractivity contribution in [2.45, 2.75) is 18.4 Å². The Morgan fingerprint density at radius 1 is 1.15 bits per heavy atom. The van der Waals surface area contributed by atoms with Gasteiger partial charge in [0.05, 0.1) is 18.8 Å². The second-order valence-electron chi connectivity index (χ2n) is 6.42.